The normalized spacial score (nSPS) is 33.2. The summed E-state index contributed by atoms with van der Waals surface area (Å²) in [5, 5.41) is 10.2. The zero-order valence-electron chi connectivity index (χ0n) is 10.9. The fourth-order valence-electron chi connectivity index (χ4n) is 2.69. The Hall–Kier alpha value is -0.420. The Labute approximate surface area is 104 Å². The number of β-amino-alcohol motifs (C(OH)–C–C–N with tert-alkyl or cyclic N) is 1. The molecule has 4 heteroatoms. The van der Waals surface area contributed by atoms with Gasteiger partial charge in [-0.3, -0.25) is 9.80 Å². The molecule has 17 heavy (non-hydrogen) atoms. The number of rotatable bonds is 3. The number of hydrogen-bond donors (Lipinski definition) is 1. The molecule has 2 aliphatic rings. The first kappa shape index (κ1) is 13.0. The van der Waals surface area contributed by atoms with Crippen molar-refractivity contribution in [3.8, 4) is 0 Å². The second-order valence-corrected chi connectivity index (χ2v) is 5.11. The summed E-state index contributed by atoms with van der Waals surface area (Å²) in [5.41, 5.74) is 1.37. The standard InChI is InChI=1S/C13H24N2O2/c1-3-11(2)8-14-9-12(13(16)10-14)15-4-6-17-7-5-15/h3,12-13,16H,4-10H2,1-2H3/b11-3+/t12-,13-/m0/s1. The minimum absolute atomic E-state index is 0.210. The van der Waals surface area contributed by atoms with E-state index in [1.807, 2.05) is 0 Å². The maximum absolute atomic E-state index is 10.2. The van der Waals surface area contributed by atoms with Crippen molar-refractivity contribution in [3.05, 3.63) is 11.6 Å². The first-order valence-electron chi connectivity index (χ1n) is 6.54. The highest BCUT2D eigenvalue weighted by Gasteiger charge is 2.35. The highest BCUT2D eigenvalue weighted by atomic mass is 16.5. The van der Waals surface area contributed by atoms with Gasteiger partial charge in [0.1, 0.15) is 0 Å². The Bertz CT molecular complexity index is 275. The number of morpholine rings is 1. The topological polar surface area (TPSA) is 35.9 Å². The van der Waals surface area contributed by atoms with E-state index in [4.69, 9.17) is 4.74 Å². The molecule has 0 aromatic carbocycles. The van der Waals surface area contributed by atoms with Crippen LogP contribution in [0.4, 0.5) is 0 Å². The van der Waals surface area contributed by atoms with E-state index in [1.54, 1.807) is 0 Å². The lowest BCUT2D eigenvalue weighted by Crippen LogP contribution is -2.48. The van der Waals surface area contributed by atoms with E-state index in [0.717, 1.165) is 45.9 Å². The molecular weight excluding hydrogens is 216 g/mol. The lowest BCUT2D eigenvalue weighted by Gasteiger charge is -2.33. The van der Waals surface area contributed by atoms with Crippen molar-refractivity contribution in [2.75, 3.05) is 45.9 Å². The number of nitrogens with zero attached hydrogens (tertiary/aromatic N) is 2. The Kier molecular flexibility index (Phi) is 4.56. The number of ether oxygens (including phenoxy) is 1. The van der Waals surface area contributed by atoms with Crippen LogP contribution in [-0.4, -0.2) is 73.0 Å². The van der Waals surface area contributed by atoms with Crippen molar-refractivity contribution in [3.63, 3.8) is 0 Å². The average molecular weight is 240 g/mol. The van der Waals surface area contributed by atoms with Crippen LogP contribution in [0.5, 0.6) is 0 Å². The first-order valence-corrected chi connectivity index (χ1v) is 6.54. The minimum Gasteiger partial charge on any atom is -0.390 e. The van der Waals surface area contributed by atoms with Gasteiger partial charge in [-0.2, -0.15) is 0 Å². The predicted molar refractivity (Wildman–Crippen MR) is 68.1 cm³/mol. The third kappa shape index (κ3) is 3.28. The molecule has 2 atom stereocenters. The number of hydrogen-bond acceptors (Lipinski definition) is 4. The molecular formula is C13H24N2O2. The molecule has 4 nitrogen and oxygen atoms in total. The summed E-state index contributed by atoms with van der Waals surface area (Å²) in [6, 6.07) is 0.295. The van der Waals surface area contributed by atoms with E-state index in [0.29, 0.717) is 6.04 Å². The molecule has 0 aromatic heterocycles. The van der Waals surface area contributed by atoms with Crippen molar-refractivity contribution in [1.29, 1.82) is 0 Å². The van der Waals surface area contributed by atoms with Gasteiger partial charge < -0.3 is 9.84 Å². The predicted octanol–water partition coefficient (Wildman–Crippen LogP) is 0.330. The lowest BCUT2D eigenvalue weighted by atomic mass is 10.1. The third-order valence-corrected chi connectivity index (χ3v) is 3.82. The Balaban J connectivity index is 1.88. The van der Waals surface area contributed by atoms with Gasteiger partial charge in [0, 0.05) is 38.8 Å². The molecule has 98 valence electrons. The quantitative estimate of drug-likeness (QED) is 0.721. The molecule has 2 heterocycles. The zero-order valence-corrected chi connectivity index (χ0v) is 10.9. The minimum atomic E-state index is -0.210. The highest BCUT2D eigenvalue weighted by molar-refractivity contribution is 5.02. The molecule has 2 fully saturated rings. The van der Waals surface area contributed by atoms with Crippen LogP contribution in [-0.2, 0) is 4.74 Å². The zero-order chi connectivity index (χ0) is 12.3. The van der Waals surface area contributed by atoms with Crippen molar-refractivity contribution >= 4 is 0 Å². The lowest BCUT2D eigenvalue weighted by molar-refractivity contribution is -0.00614. The Morgan fingerprint density at radius 1 is 1.35 bits per heavy atom. The van der Waals surface area contributed by atoms with E-state index in [-0.39, 0.29) is 6.10 Å². The molecule has 0 unspecified atom stereocenters. The maximum atomic E-state index is 10.2. The summed E-state index contributed by atoms with van der Waals surface area (Å²) in [5.74, 6) is 0. The van der Waals surface area contributed by atoms with Gasteiger partial charge in [-0.05, 0) is 13.8 Å². The summed E-state index contributed by atoms with van der Waals surface area (Å²) < 4.78 is 5.36. The van der Waals surface area contributed by atoms with Gasteiger partial charge in [-0.25, -0.2) is 0 Å². The second-order valence-electron chi connectivity index (χ2n) is 5.11. The van der Waals surface area contributed by atoms with Gasteiger partial charge in [0.2, 0.25) is 0 Å². The van der Waals surface area contributed by atoms with E-state index in [2.05, 4.69) is 29.7 Å². The summed E-state index contributed by atoms with van der Waals surface area (Å²) in [6.07, 6.45) is 1.94. The molecule has 1 N–H and O–H groups in total. The molecule has 0 aliphatic carbocycles. The van der Waals surface area contributed by atoms with Gasteiger partial charge >= 0.3 is 0 Å². The number of allylic oxidation sites excluding steroid dienone is 1. The largest absolute Gasteiger partial charge is 0.390 e. The fourth-order valence-corrected chi connectivity index (χ4v) is 2.69. The number of aliphatic hydroxyl groups excluding tert-OH is 1. The van der Waals surface area contributed by atoms with Gasteiger partial charge in [0.25, 0.3) is 0 Å². The molecule has 0 aromatic rings. The van der Waals surface area contributed by atoms with Crippen molar-refractivity contribution in [2.24, 2.45) is 0 Å². The molecule has 0 radical (unpaired) electrons. The van der Waals surface area contributed by atoms with Crippen molar-refractivity contribution < 1.29 is 9.84 Å². The van der Waals surface area contributed by atoms with E-state index >= 15 is 0 Å². The van der Waals surface area contributed by atoms with Crippen molar-refractivity contribution in [2.45, 2.75) is 26.0 Å². The van der Waals surface area contributed by atoms with Crippen molar-refractivity contribution in [1.82, 2.24) is 9.80 Å². The molecule has 0 amide bonds. The monoisotopic (exact) mass is 240 g/mol. The van der Waals surface area contributed by atoms with Gasteiger partial charge in [-0.1, -0.05) is 11.6 Å². The summed E-state index contributed by atoms with van der Waals surface area (Å²) >= 11 is 0. The van der Waals surface area contributed by atoms with Gasteiger partial charge in [0.05, 0.1) is 19.3 Å². The fraction of sp³-hybridized carbons (Fsp3) is 0.846. The summed E-state index contributed by atoms with van der Waals surface area (Å²) in [6.45, 7) is 10.5. The molecule has 0 bridgehead atoms. The third-order valence-electron chi connectivity index (χ3n) is 3.82. The maximum Gasteiger partial charge on any atom is 0.0834 e. The van der Waals surface area contributed by atoms with E-state index in [9.17, 15) is 5.11 Å². The van der Waals surface area contributed by atoms with Gasteiger partial charge in [0.15, 0.2) is 0 Å². The van der Waals surface area contributed by atoms with Crippen LogP contribution >= 0.6 is 0 Å². The molecule has 0 saturated carbocycles. The SMILES string of the molecule is C/C=C(\C)CN1C[C@H](O)[C@@H](N2CCOCC2)C1. The van der Waals surface area contributed by atoms with Gasteiger partial charge in [-0.15, -0.1) is 0 Å². The van der Waals surface area contributed by atoms with Crippen LogP contribution in [0.3, 0.4) is 0 Å². The molecule has 0 spiro atoms. The number of aliphatic hydroxyl groups is 1. The second kappa shape index (κ2) is 5.96. The van der Waals surface area contributed by atoms with Crippen LogP contribution in [0, 0.1) is 0 Å². The van der Waals surface area contributed by atoms with Crippen LogP contribution in [0.2, 0.25) is 0 Å². The van der Waals surface area contributed by atoms with Crippen LogP contribution < -0.4 is 0 Å². The molecule has 2 aliphatic heterocycles. The van der Waals surface area contributed by atoms with Crippen LogP contribution in [0.15, 0.2) is 11.6 Å². The molecule has 2 saturated heterocycles. The molecule has 2 rings (SSSR count). The Morgan fingerprint density at radius 3 is 2.71 bits per heavy atom. The highest BCUT2D eigenvalue weighted by Crippen LogP contribution is 2.18. The summed E-state index contributed by atoms with van der Waals surface area (Å²) in [7, 11) is 0. The van der Waals surface area contributed by atoms with E-state index in [1.165, 1.54) is 5.57 Å². The Morgan fingerprint density at radius 2 is 2.06 bits per heavy atom. The smallest absolute Gasteiger partial charge is 0.0834 e. The average Bonchev–Trinajstić information content (AvgIpc) is 2.71. The van der Waals surface area contributed by atoms with Crippen LogP contribution in [0.25, 0.3) is 0 Å². The first-order chi connectivity index (χ1) is 8.20. The summed E-state index contributed by atoms with van der Waals surface area (Å²) in [4.78, 5) is 4.72. The van der Waals surface area contributed by atoms with E-state index < -0.39 is 0 Å². The number of likely N-dealkylation sites (tertiary alicyclic amines) is 1. The van der Waals surface area contributed by atoms with Crippen LogP contribution in [0.1, 0.15) is 13.8 Å².